The highest BCUT2D eigenvalue weighted by atomic mass is 16.5. The zero-order valence-corrected chi connectivity index (χ0v) is 10.6. The molecular weight excluding hydrogens is 198 g/mol. The molecule has 0 saturated heterocycles. The van der Waals surface area contributed by atoms with Crippen LogP contribution in [-0.2, 0) is 0 Å². The Balaban J connectivity index is 2.37. The minimum Gasteiger partial charge on any atom is -0.493 e. The quantitative estimate of drug-likeness (QED) is 0.749. The van der Waals surface area contributed by atoms with Crippen LogP contribution in [0.15, 0.2) is 18.2 Å². The van der Waals surface area contributed by atoms with Crippen molar-refractivity contribution in [1.82, 2.24) is 0 Å². The lowest BCUT2D eigenvalue weighted by atomic mass is 10.1. The van der Waals surface area contributed by atoms with Gasteiger partial charge in [-0.25, -0.2) is 0 Å². The van der Waals surface area contributed by atoms with Gasteiger partial charge in [0.1, 0.15) is 5.75 Å². The molecule has 0 amide bonds. The van der Waals surface area contributed by atoms with Crippen LogP contribution in [0.1, 0.15) is 37.3 Å². The third-order valence-corrected chi connectivity index (χ3v) is 2.90. The number of benzene rings is 1. The standard InChI is InChI=1S/C14H23NO/c1-4-13(15)9-6-10-16-14-11(2)7-5-8-12(14)3/h5,7-8,13H,4,6,9-10,15H2,1-3H3. The van der Waals surface area contributed by atoms with Crippen LogP contribution in [0.2, 0.25) is 0 Å². The molecule has 0 bridgehead atoms. The number of aryl methyl sites for hydroxylation is 2. The molecule has 2 heteroatoms. The van der Waals surface area contributed by atoms with Crippen LogP contribution >= 0.6 is 0 Å². The van der Waals surface area contributed by atoms with Crippen molar-refractivity contribution in [3.05, 3.63) is 29.3 Å². The summed E-state index contributed by atoms with van der Waals surface area (Å²) in [6.07, 6.45) is 3.12. The summed E-state index contributed by atoms with van der Waals surface area (Å²) in [6.45, 7) is 7.05. The molecule has 0 aromatic heterocycles. The Morgan fingerprint density at radius 1 is 1.25 bits per heavy atom. The summed E-state index contributed by atoms with van der Waals surface area (Å²) in [6, 6.07) is 6.55. The summed E-state index contributed by atoms with van der Waals surface area (Å²) in [4.78, 5) is 0. The molecule has 0 fully saturated rings. The van der Waals surface area contributed by atoms with Crippen LogP contribution in [0.4, 0.5) is 0 Å². The molecule has 2 N–H and O–H groups in total. The second-order valence-corrected chi connectivity index (χ2v) is 4.38. The van der Waals surface area contributed by atoms with E-state index in [1.165, 1.54) is 11.1 Å². The molecule has 1 unspecified atom stereocenters. The number of hydrogen-bond acceptors (Lipinski definition) is 2. The molecule has 1 aromatic rings. The van der Waals surface area contributed by atoms with Gasteiger partial charge in [-0.1, -0.05) is 25.1 Å². The van der Waals surface area contributed by atoms with Crippen LogP contribution in [0.3, 0.4) is 0 Å². The van der Waals surface area contributed by atoms with Gasteiger partial charge in [-0.05, 0) is 44.2 Å². The number of para-hydroxylation sites is 1. The molecule has 1 rings (SSSR count). The third kappa shape index (κ3) is 3.86. The van der Waals surface area contributed by atoms with E-state index in [9.17, 15) is 0 Å². The summed E-state index contributed by atoms with van der Waals surface area (Å²) in [5.41, 5.74) is 8.27. The van der Waals surface area contributed by atoms with Crippen molar-refractivity contribution < 1.29 is 4.74 Å². The van der Waals surface area contributed by atoms with E-state index in [1.54, 1.807) is 0 Å². The molecule has 0 radical (unpaired) electrons. The predicted molar refractivity (Wildman–Crippen MR) is 68.9 cm³/mol. The normalized spacial score (nSPS) is 12.5. The molecule has 0 saturated carbocycles. The van der Waals surface area contributed by atoms with E-state index < -0.39 is 0 Å². The number of rotatable bonds is 6. The molecule has 1 atom stereocenters. The molecule has 90 valence electrons. The summed E-state index contributed by atoms with van der Waals surface area (Å²) in [5, 5.41) is 0. The van der Waals surface area contributed by atoms with Crippen molar-refractivity contribution in [1.29, 1.82) is 0 Å². The van der Waals surface area contributed by atoms with E-state index in [2.05, 4.69) is 39.0 Å². The monoisotopic (exact) mass is 221 g/mol. The molecule has 16 heavy (non-hydrogen) atoms. The molecule has 0 spiro atoms. The van der Waals surface area contributed by atoms with Gasteiger partial charge in [-0.2, -0.15) is 0 Å². The Kier molecular flexibility index (Phi) is 5.33. The Labute approximate surface area is 98.8 Å². The van der Waals surface area contributed by atoms with Crippen molar-refractivity contribution in [2.75, 3.05) is 6.61 Å². The molecule has 2 nitrogen and oxygen atoms in total. The minimum atomic E-state index is 0.321. The Hall–Kier alpha value is -1.02. The van der Waals surface area contributed by atoms with Crippen molar-refractivity contribution >= 4 is 0 Å². The number of nitrogens with two attached hydrogens (primary N) is 1. The fraction of sp³-hybridized carbons (Fsp3) is 0.571. The van der Waals surface area contributed by atoms with E-state index >= 15 is 0 Å². The maximum Gasteiger partial charge on any atom is 0.125 e. The average molecular weight is 221 g/mol. The summed E-state index contributed by atoms with van der Waals surface area (Å²) in [7, 11) is 0. The summed E-state index contributed by atoms with van der Waals surface area (Å²) < 4.78 is 5.81. The molecule has 0 aliphatic carbocycles. The molecule has 0 heterocycles. The van der Waals surface area contributed by atoms with Gasteiger partial charge in [0.05, 0.1) is 6.61 Å². The van der Waals surface area contributed by atoms with E-state index in [0.717, 1.165) is 31.6 Å². The first-order valence-corrected chi connectivity index (χ1v) is 6.09. The second-order valence-electron chi connectivity index (χ2n) is 4.38. The Morgan fingerprint density at radius 2 is 1.88 bits per heavy atom. The van der Waals surface area contributed by atoms with Gasteiger partial charge in [0.25, 0.3) is 0 Å². The largest absolute Gasteiger partial charge is 0.493 e. The third-order valence-electron chi connectivity index (χ3n) is 2.90. The summed E-state index contributed by atoms with van der Waals surface area (Å²) >= 11 is 0. The fourth-order valence-corrected chi connectivity index (χ4v) is 1.75. The van der Waals surface area contributed by atoms with Gasteiger partial charge >= 0.3 is 0 Å². The maximum atomic E-state index is 5.86. The van der Waals surface area contributed by atoms with E-state index in [1.807, 2.05) is 0 Å². The van der Waals surface area contributed by atoms with Crippen LogP contribution in [0, 0.1) is 13.8 Å². The highest BCUT2D eigenvalue weighted by Crippen LogP contribution is 2.22. The van der Waals surface area contributed by atoms with Crippen molar-refractivity contribution in [3.63, 3.8) is 0 Å². The fourth-order valence-electron chi connectivity index (χ4n) is 1.75. The highest BCUT2D eigenvalue weighted by molar-refractivity contribution is 5.39. The minimum absolute atomic E-state index is 0.321. The molecule has 0 aliphatic rings. The van der Waals surface area contributed by atoms with Gasteiger partial charge in [-0.15, -0.1) is 0 Å². The smallest absolute Gasteiger partial charge is 0.125 e. The van der Waals surface area contributed by atoms with Crippen molar-refractivity contribution in [2.45, 2.75) is 46.1 Å². The van der Waals surface area contributed by atoms with E-state index in [4.69, 9.17) is 10.5 Å². The zero-order chi connectivity index (χ0) is 12.0. The van der Waals surface area contributed by atoms with Gasteiger partial charge < -0.3 is 10.5 Å². The SMILES string of the molecule is CCC(N)CCCOc1c(C)cccc1C. The van der Waals surface area contributed by atoms with Crippen molar-refractivity contribution in [3.8, 4) is 5.75 Å². The molecule has 1 aromatic carbocycles. The maximum absolute atomic E-state index is 5.86. The van der Waals surface area contributed by atoms with Gasteiger partial charge in [0.2, 0.25) is 0 Å². The van der Waals surface area contributed by atoms with Crippen LogP contribution in [-0.4, -0.2) is 12.6 Å². The predicted octanol–water partition coefficient (Wildman–Crippen LogP) is 3.20. The molecular formula is C14H23NO. The van der Waals surface area contributed by atoms with Crippen LogP contribution < -0.4 is 10.5 Å². The van der Waals surface area contributed by atoms with Crippen LogP contribution in [0.5, 0.6) is 5.75 Å². The Bertz CT molecular complexity index is 302. The zero-order valence-electron chi connectivity index (χ0n) is 10.6. The Morgan fingerprint density at radius 3 is 2.44 bits per heavy atom. The van der Waals surface area contributed by atoms with Gasteiger partial charge in [0, 0.05) is 6.04 Å². The van der Waals surface area contributed by atoms with Gasteiger partial charge in [0.15, 0.2) is 0 Å². The topological polar surface area (TPSA) is 35.2 Å². The van der Waals surface area contributed by atoms with Gasteiger partial charge in [-0.3, -0.25) is 0 Å². The lowest BCUT2D eigenvalue weighted by Gasteiger charge is -2.13. The van der Waals surface area contributed by atoms with Crippen molar-refractivity contribution in [2.24, 2.45) is 5.73 Å². The number of hydrogen-bond donors (Lipinski definition) is 1. The highest BCUT2D eigenvalue weighted by Gasteiger charge is 2.03. The molecule has 0 aliphatic heterocycles. The van der Waals surface area contributed by atoms with E-state index in [-0.39, 0.29) is 0 Å². The van der Waals surface area contributed by atoms with Crippen LogP contribution in [0.25, 0.3) is 0 Å². The average Bonchev–Trinajstić information content (AvgIpc) is 2.27. The lowest BCUT2D eigenvalue weighted by Crippen LogP contribution is -2.19. The second kappa shape index (κ2) is 6.54. The van der Waals surface area contributed by atoms with E-state index in [0.29, 0.717) is 6.04 Å². The summed E-state index contributed by atoms with van der Waals surface area (Å²) in [5.74, 6) is 1.03. The first-order chi connectivity index (χ1) is 7.65. The lowest BCUT2D eigenvalue weighted by molar-refractivity contribution is 0.297. The first-order valence-electron chi connectivity index (χ1n) is 6.09. The first kappa shape index (κ1) is 13.0. The number of ether oxygens (including phenoxy) is 1.